The largest absolute Gasteiger partial charge is 0.503 e. The fourth-order valence-corrected chi connectivity index (χ4v) is 2.21. The summed E-state index contributed by atoms with van der Waals surface area (Å²) in [5.74, 6) is 0.0273. The third kappa shape index (κ3) is 3.86. The lowest BCUT2D eigenvalue weighted by Crippen LogP contribution is -1.93. The molecule has 0 aliphatic rings. The maximum atomic E-state index is 12.0. The van der Waals surface area contributed by atoms with Crippen molar-refractivity contribution >= 4 is 39.4 Å². The summed E-state index contributed by atoms with van der Waals surface area (Å²) in [6.07, 6.45) is 3.07. The molecule has 0 spiro atoms. The van der Waals surface area contributed by atoms with Gasteiger partial charge in [-0.2, -0.15) is 0 Å². The molecule has 0 aromatic heterocycles. The Balaban J connectivity index is 2.23. The van der Waals surface area contributed by atoms with Gasteiger partial charge in [-0.1, -0.05) is 33.6 Å². The highest BCUT2D eigenvalue weighted by Gasteiger charge is 2.08. The number of hydrogen-bond donors (Lipinski definition) is 1. The summed E-state index contributed by atoms with van der Waals surface area (Å²) in [6, 6.07) is 10.3. The lowest BCUT2D eigenvalue weighted by molar-refractivity contribution is 0.104. The molecule has 0 amide bonds. The van der Waals surface area contributed by atoms with E-state index in [4.69, 9.17) is 16.3 Å². The third-order valence-corrected chi connectivity index (χ3v) is 3.64. The number of ketones is 1. The first-order valence-corrected chi connectivity index (χ1v) is 7.23. The molecule has 0 radical (unpaired) electrons. The average Bonchev–Trinajstić information content (AvgIpc) is 2.48. The normalized spacial score (nSPS) is 10.8. The van der Waals surface area contributed by atoms with Gasteiger partial charge in [0.2, 0.25) is 0 Å². The first kappa shape index (κ1) is 15.6. The Kier molecular flexibility index (Phi) is 5.04. The Labute approximate surface area is 135 Å². The van der Waals surface area contributed by atoms with E-state index >= 15 is 0 Å². The van der Waals surface area contributed by atoms with Crippen molar-refractivity contribution in [3.63, 3.8) is 0 Å². The number of hydrogen-bond acceptors (Lipinski definition) is 3. The second kappa shape index (κ2) is 6.78. The van der Waals surface area contributed by atoms with E-state index < -0.39 is 0 Å². The molecule has 0 saturated carbocycles. The molecule has 21 heavy (non-hydrogen) atoms. The molecule has 3 nitrogen and oxygen atoms in total. The molecule has 0 heterocycles. The first-order chi connectivity index (χ1) is 10.0. The smallest absolute Gasteiger partial charge is 0.185 e. The molecule has 0 aliphatic carbocycles. The molecule has 0 saturated heterocycles. The summed E-state index contributed by atoms with van der Waals surface area (Å²) in [4.78, 5) is 12.0. The van der Waals surface area contributed by atoms with Crippen LogP contribution in [0.4, 0.5) is 0 Å². The van der Waals surface area contributed by atoms with E-state index in [9.17, 15) is 9.90 Å². The predicted octanol–water partition coefficient (Wildman–Crippen LogP) is 4.71. The van der Waals surface area contributed by atoms with E-state index in [2.05, 4.69) is 15.9 Å². The number of aromatic hydroxyl groups is 1. The second-order valence-corrected chi connectivity index (χ2v) is 5.58. The van der Waals surface area contributed by atoms with Crippen LogP contribution in [0.25, 0.3) is 6.08 Å². The lowest BCUT2D eigenvalue weighted by atomic mass is 10.1. The minimum Gasteiger partial charge on any atom is -0.503 e. The molecule has 108 valence electrons. The third-order valence-electron chi connectivity index (χ3n) is 2.83. The number of carbonyl (C=O) groups excluding carboxylic acids is 1. The summed E-state index contributed by atoms with van der Waals surface area (Å²) in [5, 5.41) is 9.82. The Morgan fingerprint density at radius 1 is 1.29 bits per heavy atom. The van der Waals surface area contributed by atoms with Crippen LogP contribution in [0, 0.1) is 0 Å². The number of allylic oxidation sites excluding steroid dienone is 1. The summed E-state index contributed by atoms with van der Waals surface area (Å²) >= 11 is 9.21. The summed E-state index contributed by atoms with van der Waals surface area (Å²) in [6.45, 7) is 0. The van der Waals surface area contributed by atoms with E-state index in [0.717, 1.165) is 4.47 Å². The number of ether oxygens (including phenoxy) is 1. The molecule has 2 aromatic carbocycles. The van der Waals surface area contributed by atoms with Crippen molar-refractivity contribution in [1.29, 1.82) is 0 Å². The van der Waals surface area contributed by atoms with Crippen LogP contribution >= 0.6 is 27.5 Å². The molecular weight excluding hydrogens is 356 g/mol. The van der Waals surface area contributed by atoms with Crippen molar-refractivity contribution in [3.8, 4) is 11.5 Å². The van der Waals surface area contributed by atoms with Crippen molar-refractivity contribution in [2.75, 3.05) is 7.11 Å². The Bertz CT molecular complexity index is 693. The van der Waals surface area contributed by atoms with Gasteiger partial charge in [0.15, 0.2) is 17.3 Å². The summed E-state index contributed by atoms with van der Waals surface area (Å²) < 4.78 is 5.93. The number of rotatable bonds is 4. The number of halogens is 2. The molecule has 0 atom stereocenters. The van der Waals surface area contributed by atoms with Gasteiger partial charge < -0.3 is 9.84 Å². The standard InChI is InChI=1S/C16H12BrClO3/c1-21-15-9-10(8-13(18)16(15)20)2-7-14(19)11-3-5-12(17)6-4-11/h2-9,20H,1H3. The van der Waals surface area contributed by atoms with Crippen LogP contribution in [0.1, 0.15) is 15.9 Å². The Morgan fingerprint density at radius 3 is 2.57 bits per heavy atom. The van der Waals surface area contributed by atoms with Crippen molar-refractivity contribution < 1.29 is 14.6 Å². The minimum atomic E-state index is -0.120. The van der Waals surface area contributed by atoms with Crippen LogP contribution in [0.5, 0.6) is 11.5 Å². The minimum absolute atomic E-state index is 0.115. The number of phenolic OH excluding ortho intramolecular Hbond substituents is 1. The Morgan fingerprint density at radius 2 is 1.95 bits per heavy atom. The van der Waals surface area contributed by atoms with Gasteiger partial charge in [-0.3, -0.25) is 4.79 Å². The number of benzene rings is 2. The van der Waals surface area contributed by atoms with Crippen LogP contribution in [0.2, 0.25) is 5.02 Å². The van der Waals surface area contributed by atoms with Crippen molar-refractivity contribution in [1.82, 2.24) is 0 Å². The van der Waals surface area contributed by atoms with Gasteiger partial charge >= 0.3 is 0 Å². The zero-order chi connectivity index (χ0) is 15.4. The van der Waals surface area contributed by atoms with E-state index in [0.29, 0.717) is 11.1 Å². The number of carbonyl (C=O) groups is 1. The van der Waals surface area contributed by atoms with Crippen LogP contribution in [0.15, 0.2) is 46.9 Å². The zero-order valence-corrected chi connectivity index (χ0v) is 13.5. The van der Waals surface area contributed by atoms with Gasteiger partial charge in [0.05, 0.1) is 12.1 Å². The fourth-order valence-electron chi connectivity index (χ4n) is 1.73. The zero-order valence-electron chi connectivity index (χ0n) is 11.1. The van der Waals surface area contributed by atoms with Crippen LogP contribution in [-0.4, -0.2) is 18.0 Å². The number of phenols is 1. The van der Waals surface area contributed by atoms with Crippen LogP contribution in [-0.2, 0) is 0 Å². The van der Waals surface area contributed by atoms with Gasteiger partial charge in [0.25, 0.3) is 0 Å². The quantitative estimate of drug-likeness (QED) is 0.628. The van der Waals surface area contributed by atoms with Crippen molar-refractivity contribution in [3.05, 3.63) is 63.1 Å². The van der Waals surface area contributed by atoms with Gasteiger partial charge in [-0.15, -0.1) is 0 Å². The van der Waals surface area contributed by atoms with Crippen molar-refractivity contribution in [2.24, 2.45) is 0 Å². The fraction of sp³-hybridized carbons (Fsp3) is 0.0625. The topological polar surface area (TPSA) is 46.5 Å². The monoisotopic (exact) mass is 366 g/mol. The van der Waals surface area contributed by atoms with Crippen LogP contribution in [0.3, 0.4) is 0 Å². The summed E-state index contributed by atoms with van der Waals surface area (Å²) in [5.41, 5.74) is 1.26. The molecule has 5 heteroatoms. The van der Waals surface area contributed by atoms with E-state index in [-0.39, 0.29) is 22.3 Å². The highest BCUT2D eigenvalue weighted by Crippen LogP contribution is 2.35. The maximum Gasteiger partial charge on any atom is 0.185 e. The average molecular weight is 368 g/mol. The van der Waals surface area contributed by atoms with E-state index in [1.807, 2.05) is 12.1 Å². The van der Waals surface area contributed by atoms with Crippen molar-refractivity contribution in [2.45, 2.75) is 0 Å². The molecule has 0 fully saturated rings. The first-order valence-electron chi connectivity index (χ1n) is 6.05. The maximum absolute atomic E-state index is 12.0. The molecule has 0 bridgehead atoms. The molecular formula is C16H12BrClO3. The Hall–Kier alpha value is -1.78. The van der Waals surface area contributed by atoms with Gasteiger partial charge in [-0.05, 0) is 48.0 Å². The van der Waals surface area contributed by atoms with Gasteiger partial charge in [0.1, 0.15) is 0 Å². The summed E-state index contributed by atoms with van der Waals surface area (Å²) in [7, 11) is 1.44. The van der Waals surface area contributed by atoms with Crippen LogP contribution < -0.4 is 4.74 Å². The second-order valence-electron chi connectivity index (χ2n) is 4.26. The highest BCUT2D eigenvalue weighted by atomic mass is 79.9. The molecule has 2 aromatic rings. The van der Waals surface area contributed by atoms with E-state index in [1.54, 1.807) is 30.3 Å². The molecule has 2 rings (SSSR count). The molecule has 0 aliphatic heterocycles. The van der Waals surface area contributed by atoms with E-state index in [1.165, 1.54) is 13.2 Å². The SMILES string of the molecule is COc1cc(C=CC(=O)c2ccc(Br)cc2)cc(Cl)c1O. The molecule has 1 N–H and O–H groups in total. The van der Waals surface area contributed by atoms with Gasteiger partial charge in [0, 0.05) is 10.0 Å². The number of methoxy groups -OCH3 is 1. The lowest BCUT2D eigenvalue weighted by Gasteiger charge is -2.06. The highest BCUT2D eigenvalue weighted by molar-refractivity contribution is 9.10. The van der Waals surface area contributed by atoms with Gasteiger partial charge in [-0.25, -0.2) is 0 Å². The predicted molar refractivity (Wildman–Crippen MR) is 87.2 cm³/mol. The molecule has 0 unspecified atom stereocenters.